The molecule has 0 saturated carbocycles. The number of likely N-dealkylation sites (tertiary alicyclic amines) is 2. The highest BCUT2D eigenvalue weighted by Crippen LogP contribution is 2.32. The van der Waals surface area contributed by atoms with Gasteiger partial charge in [0, 0.05) is 45.2 Å². The number of benzene rings is 6. The first-order valence-electron chi connectivity index (χ1n) is 36.7. The number of carboxylic acid groups (broad SMARTS) is 2. The summed E-state index contributed by atoms with van der Waals surface area (Å²) in [5.41, 5.74) is 1.33. The van der Waals surface area contributed by atoms with Crippen LogP contribution in [-0.2, 0) is 89.7 Å². The summed E-state index contributed by atoms with van der Waals surface area (Å²) in [5.74, 6) is -7.51. The van der Waals surface area contributed by atoms with Crippen molar-refractivity contribution in [3.63, 3.8) is 0 Å². The predicted octanol–water partition coefficient (Wildman–Crippen LogP) is 4.65. The van der Waals surface area contributed by atoms with Crippen LogP contribution in [0.4, 0.5) is 0 Å². The van der Waals surface area contributed by atoms with E-state index in [1.54, 1.807) is 136 Å². The first-order chi connectivity index (χ1) is 51.9. The molecule has 6 aromatic carbocycles. The molecule has 0 radical (unpaired) electrons. The van der Waals surface area contributed by atoms with E-state index in [-0.39, 0.29) is 71.4 Å². The van der Waals surface area contributed by atoms with Crippen LogP contribution in [0, 0.1) is 10.8 Å². The van der Waals surface area contributed by atoms with Crippen LogP contribution in [0.15, 0.2) is 152 Å². The van der Waals surface area contributed by atoms with Crippen LogP contribution in [0.3, 0.4) is 0 Å². The summed E-state index contributed by atoms with van der Waals surface area (Å²) in [6, 6.07) is 27.5. The number of carbonyl (C=O) groups excluding carboxylic acids is 8. The minimum atomic E-state index is -1.52. The Morgan fingerprint density at radius 1 is 0.578 bits per heavy atom. The van der Waals surface area contributed by atoms with E-state index >= 15 is 19.2 Å². The molecule has 6 aliphatic heterocycles. The van der Waals surface area contributed by atoms with Crippen molar-refractivity contribution in [1.29, 1.82) is 0 Å². The van der Waals surface area contributed by atoms with Crippen molar-refractivity contribution in [2.75, 3.05) is 40.4 Å². The molecular formula is C81H99N13O15. The van der Waals surface area contributed by atoms with Crippen molar-refractivity contribution < 1.29 is 72.4 Å². The zero-order valence-corrected chi connectivity index (χ0v) is 63.1. The average molecular weight is 1490 g/mol. The molecule has 12 atom stereocenters. The summed E-state index contributed by atoms with van der Waals surface area (Å²) >= 11 is 0. The van der Waals surface area contributed by atoms with Crippen LogP contribution in [0.5, 0.6) is 5.75 Å². The fourth-order valence-corrected chi connectivity index (χ4v) is 13.6. The molecule has 1 aromatic heterocycles. The normalized spacial score (nSPS) is 22.4. The number of ether oxygens (including phenoxy) is 3. The van der Waals surface area contributed by atoms with E-state index in [2.05, 4.69) is 52.8 Å². The number of aliphatic carboxylic acids is 2. The van der Waals surface area contributed by atoms with E-state index in [4.69, 9.17) is 14.2 Å². The maximum atomic E-state index is 15.4. The predicted molar refractivity (Wildman–Crippen MR) is 407 cm³/mol. The molecule has 578 valence electrons. The van der Waals surface area contributed by atoms with Crippen LogP contribution in [0.1, 0.15) is 96.2 Å². The van der Waals surface area contributed by atoms with Crippen LogP contribution >= 0.6 is 0 Å². The van der Waals surface area contributed by atoms with Crippen molar-refractivity contribution in [2.45, 2.75) is 173 Å². The lowest BCUT2D eigenvalue weighted by molar-refractivity contribution is -0.147. The van der Waals surface area contributed by atoms with Crippen LogP contribution < -0.4 is 47.3 Å². The summed E-state index contributed by atoms with van der Waals surface area (Å²) < 4.78 is 20.4. The molecule has 6 aliphatic rings. The third kappa shape index (κ3) is 20.9. The maximum Gasteiger partial charge on any atom is 0.326 e. The summed E-state index contributed by atoms with van der Waals surface area (Å²) in [6.45, 7) is 13.8. The molecule has 13 rings (SSSR count). The SMILES string of the molecule is CN[C@@H](C)C(=O)N[C@H](C(=O)N1CC[C@H]2OCc3cn(nn3)-c3ccc(cc3)C[C@@H](C(=O)O)NC(=O)[C@H](Cc3ccc4ccccc4c3)NC(=O)[C@@H]3C[C@@H](CN3C(=O)[C@@H](NC(=O)[C@H](C)NC)C(C)(C)C)OC/C=C/COc3ccc(cc3)C[C@@H](C(=O)O)NC(=O)[C@H](Cc3ccc4ccccc4c3)NC(=O)[C@H]21)C(C)(C)C. The van der Waals surface area contributed by atoms with Crippen molar-refractivity contribution in [3.05, 3.63) is 180 Å². The smallest absolute Gasteiger partial charge is 0.326 e. The fourth-order valence-electron chi connectivity index (χ4n) is 13.6. The van der Waals surface area contributed by atoms with E-state index in [9.17, 15) is 39.0 Å². The molecule has 28 heteroatoms. The van der Waals surface area contributed by atoms with E-state index < -0.39 is 143 Å². The van der Waals surface area contributed by atoms with Crippen molar-refractivity contribution >= 4 is 80.7 Å². The number of aromatic nitrogens is 3. The topological polar surface area (TPSA) is 372 Å². The standard InChI is InChI=1S/C81H99N13O15/c1-47(82-9)70(95)88-68(80(3,4)5)76(101)92-34-33-66-67(92)75(100)85-62(42-52-22-28-54-18-12-14-20-56(54)38-52)73(98)87-64(79(105)106)40-50-25-31-59(32-26-50)107-35-15-16-36-108-60-43-65(93(45-60)77(102)69(81(6,7)8)89-71(96)48(2)83-10)74(99)84-61(41-51-21-27-53-17-11-13-19-55(53)37-51)72(97)86-63(78(103)104)39-49-23-29-58(30-24-49)94-44-57(46-109-66)90-91-94/h11-32,37-38,44,47-48,60-69,82-83H,33-36,39-43,45-46H2,1-10H3,(H,84,99)(H,85,100)(H,86,97)(H,87,98)(H,88,95)(H,89,96)(H,103,104)(H,105,106)/b16-15+/t47-,48-,60-,61-,62-,63-,64-,65-,66+,67-,68+,69+/m0/s1. The Labute approximate surface area is 633 Å². The van der Waals surface area contributed by atoms with E-state index in [1.165, 1.54) is 14.5 Å². The third-order valence-corrected chi connectivity index (χ3v) is 20.1. The largest absolute Gasteiger partial charge is 0.490 e. The second-order valence-corrected chi connectivity index (χ2v) is 30.3. The van der Waals surface area contributed by atoms with Crippen molar-refractivity contribution in [1.82, 2.24) is 67.3 Å². The molecule has 7 heterocycles. The molecule has 10 N–H and O–H groups in total. The lowest BCUT2D eigenvalue weighted by atomic mass is 9.85. The van der Waals surface area contributed by atoms with Gasteiger partial charge in [-0.3, -0.25) is 38.4 Å². The first kappa shape index (κ1) is 80.6. The molecule has 2 saturated heterocycles. The third-order valence-electron chi connectivity index (χ3n) is 20.1. The van der Waals surface area contributed by atoms with Gasteiger partial charge in [-0.2, -0.15) is 0 Å². The summed E-state index contributed by atoms with van der Waals surface area (Å²) in [7, 11) is 3.22. The Morgan fingerprint density at radius 3 is 1.57 bits per heavy atom. The Kier molecular flexibility index (Phi) is 26.5. The zero-order chi connectivity index (χ0) is 78.4. The second kappa shape index (κ2) is 35.8. The lowest BCUT2D eigenvalue weighted by Gasteiger charge is -2.37. The van der Waals surface area contributed by atoms with Crippen LogP contribution in [0.25, 0.3) is 27.2 Å². The van der Waals surface area contributed by atoms with Gasteiger partial charge in [-0.1, -0.05) is 162 Å². The summed E-state index contributed by atoms with van der Waals surface area (Å²) in [6.07, 6.45) is 2.74. The molecule has 0 unspecified atom stereocenters. The van der Waals surface area contributed by atoms with Crippen molar-refractivity contribution in [3.8, 4) is 11.4 Å². The number of fused-ring (bicyclic) bond motifs is 2. The quantitative estimate of drug-likeness (QED) is 0.0662. The first-order valence-corrected chi connectivity index (χ1v) is 36.7. The summed E-state index contributed by atoms with van der Waals surface area (Å²) in [4.78, 5) is 147. The number of rotatable bonds is 14. The lowest BCUT2D eigenvalue weighted by Crippen LogP contribution is -2.62. The van der Waals surface area contributed by atoms with Crippen LogP contribution in [-0.4, -0.2) is 207 Å². The van der Waals surface area contributed by atoms with Gasteiger partial charge < -0.3 is 76.8 Å². The Morgan fingerprint density at radius 2 is 1.06 bits per heavy atom. The fraction of sp³-hybridized carbons (Fsp3) is 0.432. The van der Waals surface area contributed by atoms with Gasteiger partial charge in [0.25, 0.3) is 0 Å². The van der Waals surface area contributed by atoms with Gasteiger partial charge in [-0.25, -0.2) is 14.3 Å². The number of hydrogen-bond acceptors (Lipinski definition) is 17. The molecule has 0 spiro atoms. The minimum Gasteiger partial charge on any atom is -0.490 e. The number of carboxylic acids is 2. The number of amides is 8. The second-order valence-electron chi connectivity index (χ2n) is 30.3. The molecule has 0 aliphatic carbocycles. The highest BCUT2D eigenvalue weighted by atomic mass is 16.5. The molecule has 7 aromatic rings. The molecule has 8 bridgehead atoms. The molecule has 109 heavy (non-hydrogen) atoms. The Hall–Kier alpha value is -10.9. The minimum absolute atomic E-state index is 0.00843. The number of hydrogen-bond donors (Lipinski definition) is 10. The average Bonchev–Trinajstić information content (AvgIpc) is 1.68. The van der Waals surface area contributed by atoms with E-state index in [0.717, 1.165) is 21.5 Å². The van der Waals surface area contributed by atoms with Gasteiger partial charge in [0.05, 0.1) is 49.4 Å². The van der Waals surface area contributed by atoms with E-state index in [1.807, 2.05) is 84.9 Å². The number of nitrogens with one attached hydrogen (secondary N) is 8. The Balaban J connectivity index is 0.971. The zero-order valence-electron chi connectivity index (χ0n) is 63.1. The number of likely N-dealkylation sites (N-methyl/N-ethyl adjacent to an activating group) is 2. The van der Waals surface area contributed by atoms with Gasteiger partial charge in [0.2, 0.25) is 47.3 Å². The maximum absolute atomic E-state index is 15.4. The Bertz CT molecular complexity index is 4480. The van der Waals surface area contributed by atoms with Gasteiger partial charge in [0.1, 0.15) is 66.4 Å². The summed E-state index contributed by atoms with van der Waals surface area (Å²) in [5, 5.41) is 56.5. The highest BCUT2D eigenvalue weighted by molar-refractivity contribution is 5.98. The number of nitrogens with zero attached hydrogens (tertiary/aromatic N) is 5. The van der Waals surface area contributed by atoms with Gasteiger partial charge >= 0.3 is 11.9 Å². The van der Waals surface area contributed by atoms with Gasteiger partial charge in [-0.15, -0.1) is 5.10 Å². The van der Waals surface area contributed by atoms with Gasteiger partial charge in [-0.05, 0) is 119 Å². The van der Waals surface area contributed by atoms with Gasteiger partial charge in [0.15, 0.2) is 0 Å². The van der Waals surface area contributed by atoms with E-state index in [0.29, 0.717) is 39.4 Å². The van der Waals surface area contributed by atoms with Crippen LogP contribution in [0.2, 0.25) is 0 Å². The molecule has 2 fully saturated rings. The number of carbonyl (C=O) groups is 10. The molecule has 8 amide bonds. The molecule has 28 nitrogen and oxygen atoms in total. The molecular weight excluding hydrogens is 1390 g/mol. The monoisotopic (exact) mass is 1490 g/mol. The van der Waals surface area contributed by atoms with Crippen molar-refractivity contribution in [2.24, 2.45) is 10.8 Å². The highest BCUT2D eigenvalue weighted by Gasteiger charge is 2.49.